The van der Waals surface area contributed by atoms with Crippen LogP contribution in [0.4, 0.5) is 4.79 Å². The minimum Gasteiger partial charge on any atom is -0.488 e. The number of fused-ring (bicyclic) bond motifs is 6. The molecule has 2 unspecified atom stereocenters. The van der Waals surface area contributed by atoms with Crippen molar-refractivity contribution in [2.45, 2.75) is 59.0 Å². The first-order chi connectivity index (χ1) is 25.7. The molecule has 1 saturated carbocycles. The summed E-state index contributed by atoms with van der Waals surface area (Å²) in [5, 5.41) is 4.94. The van der Waals surface area contributed by atoms with Crippen LogP contribution < -0.4 is 10.1 Å². The maximum atomic E-state index is 13.9. The molecule has 0 spiro atoms. The number of amides is 2. The molecule has 1 aliphatic heterocycles. The van der Waals surface area contributed by atoms with E-state index in [9.17, 15) is 9.59 Å². The number of H-pyrrole nitrogens is 2. The van der Waals surface area contributed by atoms with Crippen molar-refractivity contribution < 1.29 is 19.1 Å². The Morgan fingerprint density at radius 1 is 0.981 bits per heavy atom. The largest absolute Gasteiger partial charge is 0.488 e. The molecule has 2 aromatic heterocycles. The minimum atomic E-state index is -0.889. The number of ether oxygens (including phenoxy) is 2. The highest BCUT2D eigenvalue weighted by Crippen LogP contribution is 2.44. The normalized spacial score (nSPS) is 18.0. The van der Waals surface area contributed by atoms with Crippen LogP contribution in [0.3, 0.4) is 0 Å². The predicted molar refractivity (Wildman–Crippen MR) is 205 cm³/mol. The number of hydrogen-bond acceptors (Lipinski definition) is 7. The van der Waals surface area contributed by atoms with Crippen molar-refractivity contribution in [3.8, 4) is 28.1 Å². The van der Waals surface area contributed by atoms with Gasteiger partial charge in [-0.1, -0.05) is 69.3 Å². The molecule has 3 heterocycles. The van der Waals surface area contributed by atoms with Crippen molar-refractivity contribution in [3.05, 3.63) is 102 Å². The summed E-state index contributed by atoms with van der Waals surface area (Å²) in [5.74, 6) is 3.70. The summed E-state index contributed by atoms with van der Waals surface area (Å²) in [6.07, 6.45) is 1.87. The number of hydrogen-bond donors (Lipinski definition) is 3. The van der Waals surface area contributed by atoms with E-state index in [1.165, 1.54) is 7.11 Å². The van der Waals surface area contributed by atoms with Crippen LogP contribution in [-0.2, 0) is 29.2 Å². The Bertz CT molecular complexity index is 2310. The fourth-order valence-corrected chi connectivity index (χ4v) is 7.97. The molecule has 6 aromatic rings. The number of aromatic nitrogens is 4. The third-order valence-corrected chi connectivity index (χ3v) is 11.0. The van der Waals surface area contributed by atoms with Crippen molar-refractivity contribution in [2.75, 3.05) is 20.7 Å². The highest BCUT2D eigenvalue weighted by atomic mass is 16.5. The molecule has 4 aromatic carbocycles. The second kappa shape index (κ2) is 14.0. The summed E-state index contributed by atoms with van der Waals surface area (Å²) in [6, 6.07) is 23.9. The van der Waals surface area contributed by atoms with Crippen molar-refractivity contribution in [1.29, 1.82) is 0 Å². The molecular formula is C42H45N7O4. The van der Waals surface area contributed by atoms with Crippen LogP contribution in [0.2, 0.25) is 0 Å². The highest BCUT2D eigenvalue weighted by Gasteiger charge is 2.45. The molecule has 0 bridgehead atoms. The predicted octanol–water partition coefficient (Wildman–Crippen LogP) is 7.59. The third-order valence-electron chi connectivity index (χ3n) is 11.0. The number of nitrogens with one attached hydrogen (secondary N) is 3. The van der Waals surface area contributed by atoms with Gasteiger partial charge in [0.15, 0.2) is 0 Å². The number of carbonyl (C=O) groups is 2. The van der Waals surface area contributed by atoms with E-state index < -0.39 is 12.1 Å². The molecule has 11 heteroatoms. The summed E-state index contributed by atoms with van der Waals surface area (Å²) < 4.78 is 11.2. The molecule has 3 N–H and O–H groups in total. The van der Waals surface area contributed by atoms with E-state index >= 15 is 0 Å². The molecule has 1 fully saturated rings. The molecular weight excluding hydrogens is 667 g/mol. The maximum absolute atomic E-state index is 13.9. The van der Waals surface area contributed by atoms with Crippen molar-refractivity contribution in [1.82, 2.24) is 35.1 Å². The van der Waals surface area contributed by atoms with Gasteiger partial charge in [0, 0.05) is 23.5 Å². The van der Waals surface area contributed by atoms with Gasteiger partial charge in [0.1, 0.15) is 30.0 Å². The van der Waals surface area contributed by atoms with E-state index in [0.717, 1.165) is 86.1 Å². The Balaban J connectivity index is 1.02. The average Bonchev–Trinajstić information content (AvgIpc) is 3.48. The van der Waals surface area contributed by atoms with E-state index in [0.29, 0.717) is 30.6 Å². The summed E-state index contributed by atoms with van der Waals surface area (Å²) in [7, 11) is 3.47. The zero-order valence-electron chi connectivity index (χ0n) is 30.8. The van der Waals surface area contributed by atoms with Gasteiger partial charge < -0.3 is 29.7 Å². The van der Waals surface area contributed by atoms with E-state index in [-0.39, 0.29) is 12.5 Å². The number of imidazole rings is 2. The van der Waals surface area contributed by atoms with Crippen LogP contribution in [-0.4, -0.2) is 68.5 Å². The highest BCUT2D eigenvalue weighted by molar-refractivity contribution is 6.07. The van der Waals surface area contributed by atoms with E-state index in [4.69, 9.17) is 14.5 Å². The van der Waals surface area contributed by atoms with Crippen LogP contribution in [0, 0.1) is 11.8 Å². The van der Waals surface area contributed by atoms with Gasteiger partial charge in [-0.05, 0) is 77.2 Å². The van der Waals surface area contributed by atoms with E-state index in [1.807, 2.05) is 37.3 Å². The number of carbonyl (C=O) groups excluding carboxylic acids is 2. The van der Waals surface area contributed by atoms with Crippen LogP contribution in [0.15, 0.2) is 79.0 Å². The molecule has 11 nitrogen and oxygen atoms in total. The van der Waals surface area contributed by atoms with Crippen LogP contribution >= 0.6 is 0 Å². The van der Waals surface area contributed by atoms with E-state index in [1.54, 1.807) is 11.1 Å². The van der Waals surface area contributed by atoms with Crippen molar-refractivity contribution in [3.63, 3.8) is 0 Å². The zero-order valence-corrected chi connectivity index (χ0v) is 30.8. The average molecular weight is 712 g/mol. The monoisotopic (exact) mass is 711 g/mol. The number of methoxy groups -OCH3 is 1. The first kappa shape index (κ1) is 34.4. The molecule has 1 aliphatic carbocycles. The molecule has 4 atom stereocenters. The lowest BCUT2D eigenvalue weighted by atomic mass is 9.92. The van der Waals surface area contributed by atoms with Gasteiger partial charge in [-0.25, -0.2) is 14.8 Å². The van der Waals surface area contributed by atoms with Gasteiger partial charge in [-0.3, -0.25) is 9.69 Å². The molecule has 0 radical (unpaired) electrons. The Labute approximate surface area is 308 Å². The molecule has 53 heavy (non-hydrogen) atoms. The Kier molecular flexibility index (Phi) is 9.11. The van der Waals surface area contributed by atoms with Gasteiger partial charge in [0.05, 0.1) is 43.1 Å². The third kappa shape index (κ3) is 6.61. The van der Waals surface area contributed by atoms with Crippen LogP contribution in [0.25, 0.3) is 44.2 Å². The number of rotatable bonds is 11. The fourth-order valence-electron chi connectivity index (χ4n) is 7.97. The topological polar surface area (TPSA) is 128 Å². The summed E-state index contributed by atoms with van der Waals surface area (Å²) in [4.78, 5) is 46.8. The Morgan fingerprint density at radius 3 is 2.55 bits per heavy atom. The second-order valence-electron chi connectivity index (χ2n) is 14.5. The van der Waals surface area contributed by atoms with Gasteiger partial charge in [0.25, 0.3) is 0 Å². The minimum absolute atomic E-state index is 0.238. The quantitative estimate of drug-likeness (QED) is 0.126. The zero-order chi connectivity index (χ0) is 36.8. The number of nitrogens with zero attached hydrogens (tertiary/aromatic N) is 4. The fraction of sp³-hybridized carbons (Fsp3) is 0.333. The van der Waals surface area contributed by atoms with Crippen LogP contribution in [0.1, 0.15) is 56.0 Å². The summed E-state index contributed by atoms with van der Waals surface area (Å²) >= 11 is 0. The summed E-state index contributed by atoms with van der Waals surface area (Å²) in [6.45, 7) is 8.64. The van der Waals surface area contributed by atoms with Crippen molar-refractivity contribution >= 4 is 33.8 Å². The summed E-state index contributed by atoms with van der Waals surface area (Å²) in [5.41, 5.74) is 7.80. The van der Waals surface area contributed by atoms with Gasteiger partial charge >= 0.3 is 6.09 Å². The lowest BCUT2D eigenvalue weighted by Gasteiger charge is -2.27. The SMILES string of the molecule is CCCN(Cc1ncc(-c2ccc3c(c2)COc2cc4c(ccc5nc(CN(C)C6C(C)[C@H]6C)[nH]c54)cc2-3)[nH]1)C(=O)[C@H](NC(=O)OC)c1ccccc1. The molecule has 272 valence electrons. The lowest BCUT2D eigenvalue weighted by Crippen LogP contribution is -2.43. The molecule has 2 aliphatic rings. The van der Waals surface area contributed by atoms with Gasteiger partial charge in [-0.2, -0.15) is 0 Å². The standard InChI is InChI=1S/C42H45N7O4/c1-6-16-49(41(50)38(47-42(51)52-5)26-10-8-7-9-11-26)22-36-43-20-34(45-36)28-12-14-30-29(17-28)23-53-35-19-31-27(18-32(30)35)13-15-33-39(31)46-37(44-33)21-48(4)40-24(2)25(40)3/h7-15,17-20,24-25,38,40H,6,16,21-23H2,1-5H3,(H,43,45)(H,44,46)(H,47,51)/t24-,25?,38-,40?/m1/s1. The molecule has 0 saturated heterocycles. The molecule has 8 rings (SSSR count). The molecule has 2 amide bonds. The van der Waals surface area contributed by atoms with Gasteiger partial charge in [0.2, 0.25) is 5.91 Å². The second-order valence-corrected chi connectivity index (χ2v) is 14.5. The number of alkyl carbamates (subject to hydrolysis) is 1. The van der Waals surface area contributed by atoms with Crippen molar-refractivity contribution in [2.24, 2.45) is 11.8 Å². The van der Waals surface area contributed by atoms with E-state index in [2.05, 4.69) is 88.5 Å². The first-order valence-corrected chi connectivity index (χ1v) is 18.4. The Morgan fingerprint density at radius 2 is 1.79 bits per heavy atom. The maximum Gasteiger partial charge on any atom is 0.407 e. The van der Waals surface area contributed by atoms with Crippen LogP contribution in [0.5, 0.6) is 5.75 Å². The number of benzene rings is 4. The smallest absolute Gasteiger partial charge is 0.407 e. The number of aromatic amines is 2. The first-order valence-electron chi connectivity index (χ1n) is 18.4. The Hall–Kier alpha value is -5.68. The lowest BCUT2D eigenvalue weighted by molar-refractivity contribution is -0.134. The van der Waals surface area contributed by atoms with Gasteiger partial charge in [-0.15, -0.1) is 0 Å².